The molecule has 388 valence electrons. The maximum atomic E-state index is 14.3. The van der Waals surface area contributed by atoms with Gasteiger partial charge in [0.15, 0.2) is 0 Å². The summed E-state index contributed by atoms with van der Waals surface area (Å²) in [6.07, 6.45) is 6.21. The molecule has 2 aromatic heterocycles. The number of nitrogens with zero attached hydrogens (tertiary/aromatic N) is 6. The number of likely N-dealkylation sites (tertiary alicyclic amines) is 1. The van der Waals surface area contributed by atoms with Gasteiger partial charge in [0.25, 0.3) is 5.91 Å². The molecule has 19 heteroatoms. The Kier molecular flexibility index (Phi) is 18.3. The molecule has 8 rings (SSSR count). The normalized spacial score (nSPS) is 16.8. The van der Waals surface area contributed by atoms with Gasteiger partial charge in [-0.2, -0.15) is 4.98 Å². The molecular weight excluding hydrogens is 1010 g/mol. The number of aliphatic hydroxyl groups excluding tert-OH is 1. The minimum absolute atomic E-state index is 0.00452. The molecule has 2 fully saturated rings. The number of ether oxygens (including phenoxy) is 3. The van der Waals surface area contributed by atoms with E-state index in [4.69, 9.17) is 14.2 Å². The van der Waals surface area contributed by atoms with Crippen LogP contribution in [0.5, 0.6) is 11.5 Å². The first-order valence-corrected chi connectivity index (χ1v) is 26.9. The Bertz CT molecular complexity index is 2700. The lowest BCUT2D eigenvalue weighted by Gasteiger charge is -2.35. The summed E-state index contributed by atoms with van der Waals surface area (Å²) in [5.74, 6) is 1.75. The van der Waals surface area contributed by atoms with Gasteiger partial charge in [-0.15, -0.1) is 11.3 Å². The molecule has 2 aliphatic heterocycles. The summed E-state index contributed by atoms with van der Waals surface area (Å²) in [6.45, 7) is 9.41. The predicted molar refractivity (Wildman–Crippen MR) is 284 cm³/mol. The maximum absolute atomic E-state index is 14.3. The van der Waals surface area contributed by atoms with Crippen molar-refractivity contribution in [1.29, 1.82) is 0 Å². The Morgan fingerprint density at radius 1 is 0.973 bits per heavy atom. The summed E-state index contributed by atoms with van der Waals surface area (Å²) in [7, 11) is 1.88. The van der Waals surface area contributed by atoms with Gasteiger partial charge in [-0.1, -0.05) is 50.6 Å². The van der Waals surface area contributed by atoms with Gasteiger partial charge in [0.1, 0.15) is 29.4 Å². The monoisotopic (exact) mass is 1080 g/mol. The molecule has 3 atom stereocenters. The maximum Gasteiger partial charge on any atom is 0.255 e. The number of anilines is 3. The number of aromatic nitrogens is 3. The highest BCUT2D eigenvalue weighted by molar-refractivity contribution is 9.10. The van der Waals surface area contributed by atoms with Gasteiger partial charge in [-0.25, -0.2) is 9.97 Å². The number of rotatable bonds is 25. The Hall–Kier alpha value is -6.15. The Morgan fingerprint density at radius 3 is 2.45 bits per heavy atom. The molecule has 4 heterocycles. The van der Waals surface area contributed by atoms with E-state index in [1.807, 2.05) is 98.9 Å². The van der Waals surface area contributed by atoms with E-state index in [0.29, 0.717) is 82.0 Å². The van der Waals surface area contributed by atoms with Crippen molar-refractivity contribution in [1.82, 2.24) is 35.0 Å². The van der Waals surface area contributed by atoms with Gasteiger partial charge in [-0.3, -0.25) is 19.2 Å². The van der Waals surface area contributed by atoms with Crippen LogP contribution in [0.3, 0.4) is 0 Å². The van der Waals surface area contributed by atoms with Crippen molar-refractivity contribution in [3.05, 3.63) is 105 Å². The second-order valence-electron chi connectivity index (χ2n) is 19.2. The van der Waals surface area contributed by atoms with Crippen molar-refractivity contribution in [2.75, 3.05) is 63.7 Å². The quantitative estimate of drug-likeness (QED) is 0.0411. The molecule has 0 spiro atoms. The third-order valence-corrected chi connectivity index (χ3v) is 15.1. The van der Waals surface area contributed by atoms with Crippen LogP contribution in [0.25, 0.3) is 10.4 Å². The number of aryl methyl sites for hydroxylation is 1. The summed E-state index contributed by atoms with van der Waals surface area (Å²) < 4.78 is 19.0. The summed E-state index contributed by atoms with van der Waals surface area (Å²) in [6, 6.07) is 19.1. The fourth-order valence-electron chi connectivity index (χ4n) is 9.32. The standard InChI is InChI=1S/C54H66BrN9O8S/c1-34(2)47(64-31-39-11-5-6-14-43(39)52(64)68)53(69)63-32-41(65)28-45(63)50(66)57-29-38-16-15-37(48-35(3)59-33-73-48)27-46(38)72-26-10-24-70-23-9-25-71-42-19-17-40(18-20-42)60-54-58-30-44(55)49(61-54)56-21-8-22-62(4)51(67)36-12-7-13-36/h5-6,11,14-20,27,30,33-34,36,41,45,47,65H,7-10,12-13,21-26,28-29,31-32H2,1-4H3,(H,57,66)(H2,56,58,60,61)/t41-,45+,47?/m1/s1. The van der Waals surface area contributed by atoms with E-state index in [1.54, 1.807) is 28.5 Å². The molecule has 3 aliphatic rings. The molecule has 3 aromatic carbocycles. The van der Waals surface area contributed by atoms with Gasteiger partial charge in [0.2, 0.25) is 23.7 Å². The number of amides is 4. The lowest BCUT2D eigenvalue weighted by atomic mass is 9.84. The van der Waals surface area contributed by atoms with Crippen LogP contribution in [0.15, 0.2) is 82.9 Å². The highest BCUT2D eigenvalue weighted by atomic mass is 79.9. The van der Waals surface area contributed by atoms with Crippen molar-refractivity contribution in [3.8, 4) is 21.9 Å². The average molecular weight is 1080 g/mol. The fraction of sp³-hybridized carbons (Fsp3) is 0.463. The van der Waals surface area contributed by atoms with Crippen LogP contribution < -0.4 is 25.4 Å². The second kappa shape index (κ2) is 25.2. The number of benzene rings is 3. The van der Waals surface area contributed by atoms with Gasteiger partial charge in [0.05, 0.1) is 39.9 Å². The van der Waals surface area contributed by atoms with Crippen molar-refractivity contribution in [2.24, 2.45) is 11.8 Å². The molecular formula is C54H66BrN9O8S. The van der Waals surface area contributed by atoms with Crippen LogP contribution in [0, 0.1) is 18.8 Å². The van der Waals surface area contributed by atoms with Crippen LogP contribution >= 0.6 is 27.3 Å². The Morgan fingerprint density at radius 2 is 1.74 bits per heavy atom. The largest absolute Gasteiger partial charge is 0.494 e. The van der Waals surface area contributed by atoms with E-state index >= 15 is 0 Å². The molecule has 1 aliphatic carbocycles. The van der Waals surface area contributed by atoms with Crippen LogP contribution in [0.4, 0.5) is 17.5 Å². The van der Waals surface area contributed by atoms with Crippen molar-refractivity contribution < 1.29 is 38.5 Å². The summed E-state index contributed by atoms with van der Waals surface area (Å²) in [4.78, 5) is 73.4. The first-order chi connectivity index (χ1) is 35.3. The highest BCUT2D eigenvalue weighted by Crippen LogP contribution is 2.34. The molecule has 0 bridgehead atoms. The number of hydrogen-bond donors (Lipinski definition) is 4. The van der Waals surface area contributed by atoms with Crippen LogP contribution in [-0.4, -0.2) is 130 Å². The lowest BCUT2D eigenvalue weighted by molar-refractivity contribution is -0.143. The van der Waals surface area contributed by atoms with E-state index in [0.717, 1.165) is 68.9 Å². The second-order valence-corrected chi connectivity index (χ2v) is 20.9. The molecule has 73 heavy (non-hydrogen) atoms. The average Bonchev–Trinajstić information content (AvgIpc) is 4.08. The zero-order chi connectivity index (χ0) is 51.4. The first-order valence-electron chi connectivity index (χ1n) is 25.2. The predicted octanol–water partition coefficient (Wildman–Crippen LogP) is 7.99. The zero-order valence-corrected chi connectivity index (χ0v) is 44.4. The molecule has 5 aromatic rings. The minimum atomic E-state index is -0.903. The van der Waals surface area contributed by atoms with Crippen LogP contribution in [-0.2, 0) is 32.2 Å². The molecule has 1 saturated heterocycles. The molecule has 17 nitrogen and oxygen atoms in total. The molecule has 4 N–H and O–H groups in total. The third-order valence-electron chi connectivity index (χ3n) is 13.5. The van der Waals surface area contributed by atoms with Gasteiger partial charge < -0.3 is 50.0 Å². The van der Waals surface area contributed by atoms with Crippen molar-refractivity contribution in [3.63, 3.8) is 0 Å². The van der Waals surface area contributed by atoms with Crippen LogP contribution in [0.1, 0.15) is 86.0 Å². The Balaban J connectivity index is 0.763. The van der Waals surface area contributed by atoms with E-state index in [9.17, 15) is 24.3 Å². The zero-order valence-electron chi connectivity index (χ0n) is 42.0. The number of hydrogen-bond acceptors (Lipinski definition) is 14. The SMILES string of the molecule is Cc1ncsc1-c1ccc(CNC(=O)[C@@H]2C[C@@H](O)CN2C(=O)C(C(C)C)N2Cc3ccccc3C2=O)c(OCCCOCCCOc2ccc(Nc3ncc(Br)c(NCCCN(C)C(=O)C4CCC4)n3)cc2)c1. The first kappa shape index (κ1) is 53.2. The molecule has 4 amide bonds. The number of nitrogens with one attached hydrogen (secondary N) is 3. The van der Waals surface area contributed by atoms with Crippen LogP contribution in [0.2, 0.25) is 0 Å². The number of carbonyl (C=O) groups excluding carboxylic acids is 4. The van der Waals surface area contributed by atoms with Crippen molar-refractivity contribution in [2.45, 2.75) is 97.0 Å². The Labute approximate surface area is 439 Å². The van der Waals surface area contributed by atoms with E-state index in [1.165, 1.54) is 4.90 Å². The van der Waals surface area contributed by atoms with Crippen molar-refractivity contribution >= 4 is 68.3 Å². The molecule has 1 unspecified atom stereocenters. The van der Waals surface area contributed by atoms with E-state index in [-0.39, 0.29) is 55.0 Å². The third kappa shape index (κ3) is 13.5. The summed E-state index contributed by atoms with van der Waals surface area (Å²) >= 11 is 5.07. The number of halogens is 1. The number of carbonyl (C=O) groups is 4. The fourth-order valence-corrected chi connectivity index (χ4v) is 10.5. The minimum Gasteiger partial charge on any atom is -0.494 e. The summed E-state index contributed by atoms with van der Waals surface area (Å²) in [5, 5.41) is 20.4. The van der Waals surface area contributed by atoms with Gasteiger partial charge in [0, 0.05) is 101 Å². The van der Waals surface area contributed by atoms with Gasteiger partial charge in [-0.05, 0) is 95.6 Å². The smallest absolute Gasteiger partial charge is 0.255 e. The molecule has 0 radical (unpaired) electrons. The number of fused-ring (bicyclic) bond motifs is 1. The lowest BCUT2D eigenvalue weighted by Crippen LogP contribution is -2.55. The van der Waals surface area contributed by atoms with E-state index in [2.05, 4.69) is 46.8 Å². The van der Waals surface area contributed by atoms with Gasteiger partial charge >= 0.3 is 0 Å². The number of β-amino-alcohol motifs (C(OH)–C–C–N with tert-alkyl or cyclic N) is 1. The number of thiazole rings is 1. The topological polar surface area (TPSA) is 201 Å². The number of aliphatic hydroxyl groups is 1. The van der Waals surface area contributed by atoms with E-state index < -0.39 is 18.2 Å². The summed E-state index contributed by atoms with van der Waals surface area (Å²) in [5.41, 5.74) is 6.68. The molecule has 1 saturated carbocycles. The highest BCUT2D eigenvalue weighted by Gasteiger charge is 2.46.